The third-order valence-corrected chi connectivity index (χ3v) is 0. The Kier molecular flexibility index (Phi) is 202. The fraction of sp³-hybridized carbons (Fsp3) is 0. The number of hydrogen-bond donors (Lipinski definition) is 0. The van der Waals surface area contributed by atoms with Gasteiger partial charge in [0.2, 0.25) is 0 Å². The van der Waals surface area contributed by atoms with Crippen LogP contribution in [0.25, 0.3) is 0 Å². The Morgan fingerprint density at radius 2 is 1.50 bits per heavy atom. The van der Waals surface area contributed by atoms with Crippen LogP contribution in [0.15, 0.2) is 5.34 Å². The summed E-state index contributed by atoms with van der Waals surface area (Å²) in [5, 5.41) is 9.00. The first-order chi connectivity index (χ1) is 2.41. The van der Waals surface area contributed by atoms with Crippen LogP contribution in [0.1, 0.15) is 0 Å². The standard InChI is InChI=1S/CH2O.HNO2.Na/c1-2;2-1-3;/h1H2;(H,2,3);/q;;+1/p-1. The summed E-state index contributed by atoms with van der Waals surface area (Å²) >= 11 is 0. The average molecular weight is 99.0 g/mol. The molecule has 0 bridgehead atoms. The van der Waals surface area contributed by atoms with E-state index >= 15 is 0 Å². The van der Waals surface area contributed by atoms with E-state index in [1.807, 2.05) is 6.79 Å². The summed E-state index contributed by atoms with van der Waals surface area (Å²) < 4.78 is 0. The molecule has 0 fully saturated rings. The number of rotatable bonds is 0. The van der Waals surface area contributed by atoms with Gasteiger partial charge in [-0.15, -0.1) is 5.34 Å². The number of carbonyl (C=O) groups excluding carboxylic acids is 1. The van der Waals surface area contributed by atoms with Gasteiger partial charge < -0.3 is 14.9 Å². The molecule has 5 heteroatoms. The van der Waals surface area contributed by atoms with E-state index in [9.17, 15) is 0 Å². The van der Waals surface area contributed by atoms with Crippen LogP contribution >= 0.6 is 0 Å². The largest absolute Gasteiger partial charge is 1.00 e. The van der Waals surface area contributed by atoms with Gasteiger partial charge in [0.25, 0.3) is 0 Å². The van der Waals surface area contributed by atoms with Crippen molar-refractivity contribution >= 4 is 6.79 Å². The summed E-state index contributed by atoms with van der Waals surface area (Å²) in [7, 11) is 0. The molecule has 0 aromatic heterocycles. The van der Waals surface area contributed by atoms with Gasteiger partial charge in [0, 0.05) is 0 Å². The van der Waals surface area contributed by atoms with Gasteiger partial charge in [0.15, 0.2) is 0 Å². The molecule has 0 aliphatic carbocycles. The van der Waals surface area contributed by atoms with Crippen molar-refractivity contribution in [3.8, 4) is 0 Å². The van der Waals surface area contributed by atoms with E-state index < -0.39 is 0 Å². The van der Waals surface area contributed by atoms with Crippen molar-refractivity contribution in [1.82, 2.24) is 0 Å². The monoisotopic (exact) mass is 99.0 g/mol. The van der Waals surface area contributed by atoms with E-state index in [-0.39, 0.29) is 29.6 Å². The molecule has 0 atom stereocenters. The minimum Gasteiger partial charge on any atom is -0.444 e. The third-order valence-electron chi connectivity index (χ3n) is 0. The summed E-state index contributed by atoms with van der Waals surface area (Å²) in [5.41, 5.74) is 0. The van der Waals surface area contributed by atoms with Crippen LogP contribution < -0.4 is 29.6 Å². The second-order valence-corrected chi connectivity index (χ2v) is 0.0745. The molecule has 0 aliphatic heterocycles. The molecule has 0 unspecified atom stereocenters. The Morgan fingerprint density at radius 1 is 1.50 bits per heavy atom. The molecular formula is CH2NNaO3. The van der Waals surface area contributed by atoms with E-state index in [2.05, 4.69) is 0 Å². The molecule has 0 N–H and O–H groups in total. The van der Waals surface area contributed by atoms with E-state index in [0.29, 0.717) is 0 Å². The summed E-state index contributed by atoms with van der Waals surface area (Å²) in [4.78, 5) is 16.0. The van der Waals surface area contributed by atoms with E-state index in [0.717, 1.165) is 5.34 Å². The predicted octanol–water partition coefficient (Wildman–Crippen LogP) is -2.93. The second kappa shape index (κ2) is 73.4. The Labute approximate surface area is 56.8 Å². The van der Waals surface area contributed by atoms with Crippen molar-refractivity contribution < 1.29 is 34.4 Å². The fourth-order valence-electron chi connectivity index (χ4n) is 0. The summed E-state index contributed by atoms with van der Waals surface area (Å²) in [6.07, 6.45) is 0. The minimum absolute atomic E-state index is 0. The SMILES string of the molecule is C=O.O=N[O-].[Na+]. The summed E-state index contributed by atoms with van der Waals surface area (Å²) in [6, 6.07) is 0. The van der Waals surface area contributed by atoms with Gasteiger partial charge in [-0.2, -0.15) is 0 Å². The summed E-state index contributed by atoms with van der Waals surface area (Å²) in [6.45, 7) is 2.00. The smallest absolute Gasteiger partial charge is 0.444 e. The average Bonchev–Trinajstić information content (AvgIpc) is 1.46. The van der Waals surface area contributed by atoms with Crippen molar-refractivity contribution in [3.05, 3.63) is 10.1 Å². The molecule has 30 valence electrons. The fourth-order valence-corrected chi connectivity index (χ4v) is 0. The Balaban J connectivity index is -0.0000000275. The van der Waals surface area contributed by atoms with Gasteiger partial charge >= 0.3 is 29.6 Å². The molecule has 0 saturated carbocycles. The molecule has 0 saturated heterocycles. The first-order valence-corrected chi connectivity index (χ1v) is 0.654. The topological polar surface area (TPSA) is 69.6 Å². The van der Waals surface area contributed by atoms with Crippen LogP contribution in [0.4, 0.5) is 0 Å². The number of nitrogens with zero attached hydrogens (tertiary/aromatic N) is 1. The maximum atomic E-state index is 8.00. The zero-order valence-corrected chi connectivity index (χ0v) is 5.38. The van der Waals surface area contributed by atoms with Crippen LogP contribution in [0.3, 0.4) is 0 Å². The zero-order chi connectivity index (χ0) is 4.71. The van der Waals surface area contributed by atoms with E-state index in [1.54, 1.807) is 0 Å². The first kappa shape index (κ1) is 16.6. The molecule has 0 aromatic rings. The second-order valence-electron chi connectivity index (χ2n) is 0.0745. The quantitative estimate of drug-likeness (QED) is 0.185. The normalized spacial score (nSPS) is 2.67. The Bertz CT molecular complexity index is 24.8. The number of hydrogen-bond acceptors (Lipinski definition) is 4. The van der Waals surface area contributed by atoms with Crippen LogP contribution in [-0.2, 0) is 4.79 Å². The molecule has 0 aliphatic rings. The molecule has 4 nitrogen and oxygen atoms in total. The zero-order valence-electron chi connectivity index (χ0n) is 3.38. The molecule has 0 aromatic carbocycles. The van der Waals surface area contributed by atoms with Gasteiger partial charge in [-0.1, -0.05) is 0 Å². The Morgan fingerprint density at radius 3 is 1.50 bits per heavy atom. The van der Waals surface area contributed by atoms with Gasteiger partial charge in [-0.25, -0.2) is 0 Å². The van der Waals surface area contributed by atoms with Crippen molar-refractivity contribution in [2.45, 2.75) is 0 Å². The molecule has 0 spiro atoms. The maximum Gasteiger partial charge on any atom is 1.00 e. The first-order valence-electron chi connectivity index (χ1n) is 0.654. The Hall–Kier alpha value is 0.0700. The van der Waals surface area contributed by atoms with Gasteiger partial charge in [0.1, 0.15) is 6.79 Å². The van der Waals surface area contributed by atoms with Crippen LogP contribution in [0.5, 0.6) is 0 Å². The van der Waals surface area contributed by atoms with E-state index in [4.69, 9.17) is 14.9 Å². The van der Waals surface area contributed by atoms with Crippen molar-refractivity contribution in [1.29, 1.82) is 0 Å². The van der Waals surface area contributed by atoms with Crippen LogP contribution in [-0.4, -0.2) is 6.79 Å². The van der Waals surface area contributed by atoms with Crippen molar-refractivity contribution in [2.75, 3.05) is 0 Å². The molecule has 6 heavy (non-hydrogen) atoms. The molecule has 0 amide bonds. The van der Waals surface area contributed by atoms with E-state index in [1.165, 1.54) is 0 Å². The molecule has 0 heterocycles. The van der Waals surface area contributed by atoms with Crippen molar-refractivity contribution in [3.63, 3.8) is 0 Å². The predicted molar refractivity (Wildman–Crippen MR) is 16.3 cm³/mol. The number of carbonyl (C=O) groups is 1. The van der Waals surface area contributed by atoms with Gasteiger partial charge in [0.05, 0.1) is 0 Å². The van der Waals surface area contributed by atoms with Gasteiger partial charge in [-0.05, 0) is 0 Å². The van der Waals surface area contributed by atoms with Gasteiger partial charge in [-0.3, -0.25) is 0 Å². The van der Waals surface area contributed by atoms with Crippen LogP contribution in [0, 0.1) is 10.1 Å². The van der Waals surface area contributed by atoms with Crippen LogP contribution in [0.2, 0.25) is 0 Å². The molecule has 0 rings (SSSR count). The third kappa shape index (κ3) is 7830. The molecule has 0 radical (unpaired) electrons. The molecular weight excluding hydrogens is 97.0 g/mol. The summed E-state index contributed by atoms with van der Waals surface area (Å²) in [5.74, 6) is 0. The van der Waals surface area contributed by atoms with Crippen molar-refractivity contribution in [2.24, 2.45) is 5.34 Å². The maximum absolute atomic E-state index is 8.00. The minimum atomic E-state index is 0.